The summed E-state index contributed by atoms with van der Waals surface area (Å²) in [5.74, 6) is 0.810. The quantitative estimate of drug-likeness (QED) is 0.637. The Morgan fingerprint density at radius 2 is 1.69 bits per heavy atom. The molecule has 0 aromatic carbocycles. The molecule has 76 valence electrons. The summed E-state index contributed by atoms with van der Waals surface area (Å²) in [6, 6.07) is 0. The lowest BCUT2D eigenvalue weighted by Gasteiger charge is -2.31. The van der Waals surface area contributed by atoms with Gasteiger partial charge in [-0.25, -0.2) is 8.42 Å². The monoisotopic (exact) mass is 330 g/mol. The molecule has 0 bridgehead atoms. The van der Waals surface area contributed by atoms with Crippen molar-refractivity contribution in [3.05, 3.63) is 0 Å². The lowest BCUT2D eigenvalue weighted by atomic mass is 9.87. The van der Waals surface area contributed by atoms with Crippen LogP contribution in [0.2, 0.25) is 0 Å². The molecule has 1 saturated heterocycles. The SMILES string of the molecule is O=S1(=O)CCC2CC(Br)C(Br)CC21. The summed E-state index contributed by atoms with van der Waals surface area (Å²) in [5, 5.41) is -0.0642. The van der Waals surface area contributed by atoms with Crippen LogP contribution < -0.4 is 0 Å². The van der Waals surface area contributed by atoms with E-state index in [4.69, 9.17) is 0 Å². The average Bonchev–Trinajstić information content (AvgIpc) is 2.31. The number of fused-ring (bicyclic) bond motifs is 1. The highest BCUT2D eigenvalue weighted by Crippen LogP contribution is 2.42. The molecule has 1 aliphatic carbocycles. The Morgan fingerprint density at radius 1 is 1.08 bits per heavy atom. The normalized spacial score (nSPS) is 48.8. The Morgan fingerprint density at radius 3 is 2.38 bits per heavy atom. The van der Waals surface area contributed by atoms with Crippen LogP contribution in [0.4, 0.5) is 0 Å². The van der Waals surface area contributed by atoms with E-state index in [-0.39, 0.29) is 5.25 Å². The Labute approximate surface area is 95.6 Å². The molecule has 0 aromatic rings. The van der Waals surface area contributed by atoms with E-state index in [2.05, 4.69) is 31.9 Å². The van der Waals surface area contributed by atoms with Gasteiger partial charge in [0.05, 0.1) is 11.0 Å². The summed E-state index contributed by atoms with van der Waals surface area (Å²) < 4.78 is 23.2. The van der Waals surface area contributed by atoms with Crippen molar-refractivity contribution in [1.29, 1.82) is 0 Å². The van der Waals surface area contributed by atoms with Crippen LogP contribution in [0.5, 0.6) is 0 Å². The van der Waals surface area contributed by atoms with Crippen LogP contribution in [-0.4, -0.2) is 29.1 Å². The molecule has 0 radical (unpaired) electrons. The fourth-order valence-corrected chi connectivity index (χ4v) is 6.19. The van der Waals surface area contributed by atoms with Gasteiger partial charge in [0, 0.05) is 9.65 Å². The van der Waals surface area contributed by atoms with E-state index in [0.29, 0.717) is 21.3 Å². The summed E-state index contributed by atoms with van der Waals surface area (Å²) in [6.45, 7) is 0. The van der Waals surface area contributed by atoms with Gasteiger partial charge >= 0.3 is 0 Å². The topological polar surface area (TPSA) is 34.1 Å². The van der Waals surface area contributed by atoms with Gasteiger partial charge in [0.1, 0.15) is 0 Å². The van der Waals surface area contributed by atoms with Crippen molar-refractivity contribution < 1.29 is 8.42 Å². The highest BCUT2D eigenvalue weighted by Gasteiger charge is 2.45. The highest BCUT2D eigenvalue weighted by atomic mass is 79.9. The smallest absolute Gasteiger partial charge is 0.153 e. The lowest BCUT2D eigenvalue weighted by molar-refractivity contribution is 0.392. The number of halogens is 2. The van der Waals surface area contributed by atoms with Crippen LogP contribution in [0.15, 0.2) is 0 Å². The molecule has 2 aliphatic rings. The van der Waals surface area contributed by atoms with Gasteiger partial charge in [0.25, 0.3) is 0 Å². The van der Waals surface area contributed by atoms with E-state index in [9.17, 15) is 8.42 Å². The van der Waals surface area contributed by atoms with Crippen molar-refractivity contribution in [3.8, 4) is 0 Å². The van der Waals surface area contributed by atoms with Crippen molar-refractivity contribution in [1.82, 2.24) is 0 Å². The molecule has 0 amide bonds. The highest BCUT2D eigenvalue weighted by molar-refractivity contribution is 9.12. The van der Waals surface area contributed by atoms with Gasteiger partial charge in [-0.3, -0.25) is 0 Å². The first-order valence-corrected chi connectivity index (χ1v) is 8.05. The molecule has 1 aliphatic heterocycles. The van der Waals surface area contributed by atoms with Crippen LogP contribution in [-0.2, 0) is 9.84 Å². The van der Waals surface area contributed by atoms with E-state index < -0.39 is 9.84 Å². The van der Waals surface area contributed by atoms with E-state index in [1.165, 1.54) is 0 Å². The fourth-order valence-electron chi connectivity index (χ4n) is 2.36. The van der Waals surface area contributed by atoms with E-state index >= 15 is 0 Å². The minimum atomic E-state index is -2.75. The maximum absolute atomic E-state index is 11.6. The number of rotatable bonds is 0. The fraction of sp³-hybridized carbons (Fsp3) is 1.00. The van der Waals surface area contributed by atoms with E-state index in [1.54, 1.807) is 0 Å². The minimum Gasteiger partial charge on any atom is -0.229 e. The van der Waals surface area contributed by atoms with Gasteiger partial charge in [-0.15, -0.1) is 0 Å². The van der Waals surface area contributed by atoms with Crippen LogP contribution in [0, 0.1) is 5.92 Å². The van der Waals surface area contributed by atoms with Crippen LogP contribution >= 0.6 is 31.9 Å². The van der Waals surface area contributed by atoms with E-state index in [1.807, 2.05) is 0 Å². The molecule has 13 heavy (non-hydrogen) atoms. The van der Waals surface area contributed by atoms with E-state index in [0.717, 1.165) is 19.3 Å². The first-order chi connectivity index (χ1) is 6.00. The van der Waals surface area contributed by atoms with Gasteiger partial charge in [0.2, 0.25) is 0 Å². The first kappa shape index (κ1) is 10.4. The Bertz CT molecular complexity index is 301. The molecule has 0 N–H and O–H groups in total. The lowest BCUT2D eigenvalue weighted by Crippen LogP contribution is -2.36. The molecule has 1 saturated carbocycles. The molecule has 4 unspecified atom stereocenters. The summed E-state index contributed by atoms with van der Waals surface area (Å²) in [5.41, 5.74) is 0. The van der Waals surface area contributed by atoms with Gasteiger partial charge in [-0.2, -0.15) is 0 Å². The van der Waals surface area contributed by atoms with Gasteiger partial charge < -0.3 is 0 Å². The second kappa shape index (κ2) is 3.49. The Balaban J connectivity index is 2.21. The number of hydrogen-bond acceptors (Lipinski definition) is 2. The summed E-state index contributed by atoms with van der Waals surface area (Å²) in [7, 11) is -2.75. The third-order valence-electron chi connectivity index (χ3n) is 3.14. The molecule has 5 heteroatoms. The summed E-state index contributed by atoms with van der Waals surface area (Å²) >= 11 is 7.12. The second-order valence-corrected chi connectivity index (χ2v) is 8.65. The largest absolute Gasteiger partial charge is 0.229 e. The van der Waals surface area contributed by atoms with Crippen LogP contribution in [0.1, 0.15) is 19.3 Å². The zero-order valence-electron chi connectivity index (χ0n) is 7.12. The summed E-state index contributed by atoms with van der Waals surface area (Å²) in [6.07, 6.45) is 2.65. The maximum Gasteiger partial charge on any atom is 0.153 e. The molecule has 2 fully saturated rings. The minimum absolute atomic E-state index is 0.0642. The van der Waals surface area contributed by atoms with Gasteiger partial charge in [-0.05, 0) is 25.2 Å². The zero-order chi connectivity index (χ0) is 9.64. The standard InChI is InChI=1S/C8H12Br2O2S/c9-6-3-5-1-2-13(11,12)8(5)4-7(6)10/h5-8H,1-4H2. The molecular formula is C8H12Br2O2S. The molecule has 2 nitrogen and oxygen atoms in total. The average molecular weight is 332 g/mol. The van der Waals surface area contributed by atoms with Crippen LogP contribution in [0.25, 0.3) is 0 Å². The third kappa shape index (κ3) is 1.84. The second-order valence-electron chi connectivity index (χ2n) is 3.96. The number of sulfone groups is 1. The first-order valence-electron chi connectivity index (χ1n) is 4.50. The van der Waals surface area contributed by atoms with Gasteiger partial charge in [0.15, 0.2) is 9.84 Å². The van der Waals surface area contributed by atoms with Crippen molar-refractivity contribution in [3.63, 3.8) is 0 Å². The van der Waals surface area contributed by atoms with Crippen molar-refractivity contribution in [2.75, 3.05) is 5.75 Å². The van der Waals surface area contributed by atoms with Crippen molar-refractivity contribution in [2.45, 2.75) is 34.2 Å². The summed E-state index contributed by atoms with van der Waals surface area (Å²) in [4.78, 5) is 0.767. The maximum atomic E-state index is 11.6. The predicted molar refractivity (Wildman–Crippen MR) is 60.3 cm³/mol. The number of hydrogen-bond donors (Lipinski definition) is 0. The van der Waals surface area contributed by atoms with Crippen molar-refractivity contribution in [2.24, 2.45) is 5.92 Å². The molecule has 2 rings (SSSR count). The molecule has 4 atom stereocenters. The molecular weight excluding hydrogens is 320 g/mol. The molecule has 1 heterocycles. The number of alkyl halides is 2. The molecule has 0 aromatic heterocycles. The third-order valence-corrected chi connectivity index (χ3v) is 8.18. The predicted octanol–water partition coefficient (Wildman–Crippen LogP) is 2.11. The zero-order valence-corrected chi connectivity index (χ0v) is 11.1. The molecule has 0 spiro atoms. The Kier molecular flexibility index (Phi) is 2.80. The van der Waals surface area contributed by atoms with Gasteiger partial charge in [-0.1, -0.05) is 31.9 Å². The van der Waals surface area contributed by atoms with Crippen molar-refractivity contribution >= 4 is 41.7 Å². The van der Waals surface area contributed by atoms with Crippen LogP contribution in [0.3, 0.4) is 0 Å². The Hall–Kier alpha value is 0.910.